The largest absolute Gasteiger partial charge is 0.490 e. The van der Waals surface area contributed by atoms with E-state index < -0.39 is 0 Å². The minimum Gasteiger partial charge on any atom is -0.490 e. The molecule has 1 saturated heterocycles. The summed E-state index contributed by atoms with van der Waals surface area (Å²) >= 11 is 0. The maximum absolute atomic E-state index is 12.6. The average Bonchev–Trinajstić information content (AvgIpc) is 2.75. The van der Waals surface area contributed by atoms with Crippen molar-refractivity contribution in [1.82, 2.24) is 10.2 Å². The van der Waals surface area contributed by atoms with E-state index in [0.717, 1.165) is 49.7 Å². The zero-order valence-electron chi connectivity index (χ0n) is 17.3. The molecule has 0 bridgehead atoms. The van der Waals surface area contributed by atoms with Crippen molar-refractivity contribution < 1.29 is 19.0 Å². The summed E-state index contributed by atoms with van der Waals surface area (Å²) < 4.78 is 16.6. The molecule has 1 amide bonds. The number of morpholine rings is 1. The van der Waals surface area contributed by atoms with Crippen molar-refractivity contribution in [1.29, 1.82) is 0 Å². The van der Waals surface area contributed by atoms with Crippen LogP contribution in [-0.4, -0.2) is 50.3 Å². The zero-order chi connectivity index (χ0) is 20.5. The second-order valence-electron chi connectivity index (χ2n) is 6.92. The molecule has 156 valence electrons. The van der Waals surface area contributed by atoms with E-state index in [4.69, 9.17) is 14.2 Å². The predicted octanol–water partition coefficient (Wildman–Crippen LogP) is 3.25. The topological polar surface area (TPSA) is 60.0 Å². The lowest BCUT2D eigenvalue weighted by Gasteiger charge is -2.26. The number of carbonyl (C=O) groups excluding carboxylic acids is 1. The molecule has 0 spiro atoms. The van der Waals surface area contributed by atoms with E-state index in [9.17, 15) is 4.79 Å². The van der Waals surface area contributed by atoms with Crippen LogP contribution in [0.15, 0.2) is 42.5 Å². The number of nitrogens with one attached hydrogen (secondary N) is 1. The van der Waals surface area contributed by atoms with Crippen LogP contribution in [0.5, 0.6) is 11.5 Å². The van der Waals surface area contributed by atoms with E-state index in [2.05, 4.69) is 16.3 Å². The number of ether oxygens (including phenoxy) is 3. The van der Waals surface area contributed by atoms with Crippen LogP contribution >= 0.6 is 0 Å². The summed E-state index contributed by atoms with van der Waals surface area (Å²) in [6.07, 6.45) is 0. The third-order valence-corrected chi connectivity index (χ3v) is 4.76. The van der Waals surface area contributed by atoms with Crippen LogP contribution < -0.4 is 14.8 Å². The van der Waals surface area contributed by atoms with Crippen LogP contribution in [0.3, 0.4) is 0 Å². The minimum atomic E-state index is -0.0827. The number of rotatable bonds is 9. The number of amides is 1. The highest BCUT2D eigenvalue weighted by Crippen LogP contribution is 2.28. The summed E-state index contributed by atoms with van der Waals surface area (Å²) in [4.78, 5) is 15.0. The fraction of sp³-hybridized carbons (Fsp3) is 0.435. The summed E-state index contributed by atoms with van der Waals surface area (Å²) in [6, 6.07) is 13.6. The molecule has 1 fully saturated rings. The SMILES string of the molecule is CCOc1ccc(CNC(=O)c2cccc(CN3CCOCC3)c2)cc1OCC. The molecular weight excluding hydrogens is 368 g/mol. The van der Waals surface area contributed by atoms with E-state index in [1.165, 1.54) is 0 Å². The molecule has 6 nitrogen and oxygen atoms in total. The second-order valence-corrected chi connectivity index (χ2v) is 6.92. The van der Waals surface area contributed by atoms with Gasteiger partial charge in [0.05, 0.1) is 26.4 Å². The van der Waals surface area contributed by atoms with Crippen LogP contribution in [0.1, 0.15) is 35.3 Å². The minimum absolute atomic E-state index is 0.0827. The van der Waals surface area contributed by atoms with Gasteiger partial charge in [-0.25, -0.2) is 0 Å². The van der Waals surface area contributed by atoms with Gasteiger partial charge in [-0.15, -0.1) is 0 Å². The first-order chi connectivity index (χ1) is 14.2. The molecule has 29 heavy (non-hydrogen) atoms. The smallest absolute Gasteiger partial charge is 0.251 e. The fourth-order valence-corrected chi connectivity index (χ4v) is 3.32. The normalized spacial score (nSPS) is 14.4. The Balaban J connectivity index is 1.60. The van der Waals surface area contributed by atoms with Crippen LogP contribution in [0, 0.1) is 0 Å². The van der Waals surface area contributed by atoms with Gasteiger partial charge >= 0.3 is 0 Å². The van der Waals surface area contributed by atoms with Gasteiger partial charge in [-0.1, -0.05) is 18.2 Å². The molecular formula is C23H30N2O4. The molecule has 0 saturated carbocycles. The number of hydrogen-bond acceptors (Lipinski definition) is 5. The highest BCUT2D eigenvalue weighted by Gasteiger charge is 2.13. The molecule has 6 heteroatoms. The standard InChI is InChI=1S/C23H30N2O4/c1-3-28-21-9-8-18(15-22(21)29-4-2)16-24-23(26)20-7-5-6-19(14-20)17-25-10-12-27-13-11-25/h5-9,14-15H,3-4,10-13,16-17H2,1-2H3,(H,24,26). The Kier molecular flexibility index (Phi) is 7.90. The van der Waals surface area contributed by atoms with Gasteiger partial charge in [-0.3, -0.25) is 9.69 Å². The van der Waals surface area contributed by atoms with Gasteiger partial charge < -0.3 is 19.5 Å². The van der Waals surface area contributed by atoms with Crippen LogP contribution in [0.2, 0.25) is 0 Å². The Morgan fingerprint density at radius 3 is 2.52 bits per heavy atom. The molecule has 1 N–H and O–H groups in total. The third kappa shape index (κ3) is 6.21. The lowest BCUT2D eigenvalue weighted by atomic mass is 10.1. The lowest BCUT2D eigenvalue weighted by Crippen LogP contribution is -2.35. The number of carbonyl (C=O) groups is 1. The number of hydrogen-bond donors (Lipinski definition) is 1. The van der Waals surface area contributed by atoms with Gasteiger partial charge in [-0.05, 0) is 49.2 Å². The van der Waals surface area contributed by atoms with Gasteiger partial charge in [-0.2, -0.15) is 0 Å². The van der Waals surface area contributed by atoms with E-state index in [-0.39, 0.29) is 5.91 Å². The molecule has 2 aromatic carbocycles. The highest BCUT2D eigenvalue weighted by molar-refractivity contribution is 5.94. The van der Waals surface area contributed by atoms with Crippen molar-refractivity contribution in [3.63, 3.8) is 0 Å². The van der Waals surface area contributed by atoms with Crippen LogP contribution in [0.4, 0.5) is 0 Å². The fourth-order valence-electron chi connectivity index (χ4n) is 3.32. The molecule has 0 radical (unpaired) electrons. The molecule has 2 aromatic rings. The molecule has 1 aliphatic heterocycles. The quantitative estimate of drug-likeness (QED) is 0.703. The first-order valence-corrected chi connectivity index (χ1v) is 10.3. The molecule has 3 rings (SSSR count). The average molecular weight is 399 g/mol. The lowest BCUT2D eigenvalue weighted by molar-refractivity contribution is 0.0342. The van der Waals surface area contributed by atoms with Gasteiger partial charge in [0, 0.05) is 31.7 Å². The van der Waals surface area contributed by atoms with Crippen LogP contribution in [-0.2, 0) is 17.8 Å². The van der Waals surface area contributed by atoms with Gasteiger partial charge in [0.1, 0.15) is 0 Å². The summed E-state index contributed by atoms with van der Waals surface area (Å²) in [7, 11) is 0. The summed E-state index contributed by atoms with van der Waals surface area (Å²) in [5, 5.41) is 3.00. The van der Waals surface area contributed by atoms with Crippen molar-refractivity contribution in [3.05, 3.63) is 59.2 Å². The van der Waals surface area contributed by atoms with Gasteiger partial charge in [0.2, 0.25) is 0 Å². The van der Waals surface area contributed by atoms with E-state index in [0.29, 0.717) is 31.1 Å². The molecule has 0 unspecified atom stereocenters. The molecule has 0 aromatic heterocycles. The Bertz CT molecular complexity index is 803. The first kappa shape index (κ1) is 21.1. The Labute approximate surface area is 172 Å². The maximum Gasteiger partial charge on any atom is 0.251 e. The monoisotopic (exact) mass is 398 g/mol. The van der Waals surface area contributed by atoms with E-state index >= 15 is 0 Å². The molecule has 1 heterocycles. The predicted molar refractivity (Wildman–Crippen MR) is 112 cm³/mol. The van der Waals surface area contributed by atoms with Crippen molar-refractivity contribution >= 4 is 5.91 Å². The summed E-state index contributed by atoms with van der Waals surface area (Å²) in [5.41, 5.74) is 2.78. The maximum atomic E-state index is 12.6. The first-order valence-electron chi connectivity index (χ1n) is 10.3. The van der Waals surface area contributed by atoms with E-state index in [1.54, 1.807) is 0 Å². The summed E-state index contributed by atoms with van der Waals surface area (Å²) in [6.45, 7) is 9.68. The van der Waals surface area contributed by atoms with Crippen molar-refractivity contribution in [2.45, 2.75) is 26.9 Å². The number of benzene rings is 2. The third-order valence-electron chi connectivity index (χ3n) is 4.76. The molecule has 1 aliphatic rings. The van der Waals surface area contributed by atoms with Crippen molar-refractivity contribution in [2.75, 3.05) is 39.5 Å². The van der Waals surface area contributed by atoms with Gasteiger partial charge in [0.15, 0.2) is 11.5 Å². The molecule has 0 aliphatic carbocycles. The van der Waals surface area contributed by atoms with Gasteiger partial charge in [0.25, 0.3) is 5.91 Å². The Morgan fingerprint density at radius 2 is 1.76 bits per heavy atom. The number of nitrogens with zero attached hydrogens (tertiary/aromatic N) is 1. The second kappa shape index (κ2) is 10.8. The molecule has 0 atom stereocenters. The van der Waals surface area contributed by atoms with Crippen molar-refractivity contribution in [2.24, 2.45) is 0 Å². The van der Waals surface area contributed by atoms with E-state index in [1.807, 2.05) is 50.2 Å². The highest BCUT2D eigenvalue weighted by atomic mass is 16.5. The van der Waals surface area contributed by atoms with Crippen molar-refractivity contribution in [3.8, 4) is 11.5 Å². The zero-order valence-corrected chi connectivity index (χ0v) is 17.3. The van der Waals surface area contributed by atoms with Crippen LogP contribution in [0.25, 0.3) is 0 Å². The Hall–Kier alpha value is -2.57. The Morgan fingerprint density at radius 1 is 1.00 bits per heavy atom. The summed E-state index contributed by atoms with van der Waals surface area (Å²) in [5.74, 6) is 1.34.